The molecule has 3 heterocycles. The van der Waals surface area contributed by atoms with Crippen LogP contribution < -0.4 is 0 Å². The molecule has 1 fully saturated rings. The lowest BCUT2D eigenvalue weighted by Crippen LogP contribution is -2.42. The Bertz CT molecular complexity index is 1140. The molecule has 1 unspecified atom stereocenters. The molecule has 6 heteroatoms. The lowest BCUT2D eigenvalue weighted by atomic mass is 10.1. The van der Waals surface area contributed by atoms with Gasteiger partial charge in [-0.3, -0.25) is 9.48 Å². The van der Waals surface area contributed by atoms with E-state index in [0.29, 0.717) is 31.8 Å². The molecule has 0 radical (unpaired) electrons. The first-order chi connectivity index (χ1) is 15.3. The third-order valence-electron chi connectivity index (χ3n) is 5.46. The van der Waals surface area contributed by atoms with Crippen LogP contribution in [0.4, 0.5) is 0 Å². The van der Waals surface area contributed by atoms with Crippen LogP contribution in [0.3, 0.4) is 0 Å². The van der Waals surface area contributed by atoms with Crippen LogP contribution >= 0.6 is 11.3 Å². The number of rotatable bonds is 5. The molecular formula is C25H23N3O2S. The van der Waals surface area contributed by atoms with Crippen LogP contribution in [0.1, 0.15) is 27.6 Å². The number of hydrogen-bond acceptors (Lipinski definition) is 4. The van der Waals surface area contributed by atoms with E-state index >= 15 is 0 Å². The first-order valence-electron chi connectivity index (χ1n) is 10.4. The second-order valence-corrected chi connectivity index (χ2v) is 8.52. The third kappa shape index (κ3) is 4.31. The summed E-state index contributed by atoms with van der Waals surface area (Å²) in [7, 11) is 0. The Morgan fingerprint density at radius 2 is 1.81 bits per heavy atom. The third-order valence-corrected chi connectivity index (χ3v) is 6.34. The van der Waals surface area contributed by atoms with Gasteiger partial charge in [0.05, 0.1) is 30.1 Å². The number of aromatic nitrogens is 2. The maximum atomic E-state index is 13.6. The van der Waals surface area contributed by atoms with Gasteiger partial charge < -0.3 is 9.64 Å². The van der Waals surface area contributed by atoms with Gasteiger partial charge in [-0.1, -0.05) is 66.7 Å². The number of carbonyl (C=O) groups excluding carboxylic acids is 1. The zero-order chi connectivity index (χ0) is 21.0. The van der Waals surface area contributed by atoms with Crippen LogP contribution in [0, 0.1) is 0 Å². The van der Waals surface area contributed by atoms with E-state index in [0.717, 1.165) is 21.7 Å². The normalized spacial score (nSPS) is 16.4. The van der Waals surface area contributed by atoms with E-state index in [9.17, 15) is 4.79 Å². The number of morpholine rings is 1. The minimum Gasteiger partial charge on any atom is -0.370 e. The Hall–Kier alpha value is -3.22. The van der Waals surface area contributed by atoms with Crippen LogP contribution in [0.2, 0.25) is 0 Å². The van der Waals surface area contributed by atoms with Gasteiger partial charge in [-0.05, 0) is 22.6 Å². The highest BCUT2D eigenvalue weighted by atomic mass is 32.1. The number of amides is 1. The van der Waals surface area contributed by atoms with Gasteiger partial charge in [0.25, 0.3) is 5.91 Å². The van der Waals surface area contributed by atoms with Gasteiger partial charge in [0.1, 0.15) is 11.8 Å². The zero-order valence-corrected chi connectivity index (χ0v) is 17.9. The van der Waals surface area contributed by atoms with Crippen LogP contribution in [-0.4, -0.2) is 40.3 Å². The summed E-state index contributed by atoms with van der Waals surface area (Å²) in [5, 5.41) is 6.80. The molecule has 31 heavy (non-hydrogen) atoms. The fourth-order valence-electron chi connectivity index (χ4n) is 3.90. The molecular weight excluding hydrogens is 406 g/mol. The largest absolute Gasteiger partial charge is 0.370 e. The van der Waals surface area contributed by atoms with Gasteiger partial charge in [-0.2, -0.15) is 5.10 Å². The van der Waals surface area contributed by atoms with Gasteiger partial charge in [-0.15, -0.1) is 11.3 Å². The SMILES string of the molecule is O=C(c1cn(Cc2ccccc2)nc1-c1cccs1)N1CCOC(c2ccccc2)C1. The van der Waals surface area contributed by atoms with E-state index in [1.165, 1.54) is 0 Å². The first kappa shape index (κ1) is 19.7. The predicted molar refractivity (Wildman–Crippen MR) is 122 cm³/mol. The maximum absolute atomic E-state index is 13.6. The number of thiophene rings is 1. The van der Waals surface area contributed by atoms with Crippen molar-refractivity contribution in [1.82, 2.24) is 14.7 Å². The standard InChI is InChI=1S/C25H23N3O2S/c29-25(27-13-14-30-22(18-27)20-10-5-2-6-11-20)21-17-28(16-19-8-3-1-4-9-19)26-24(21)23-12-7-15-31-23/h1-12,15,17,22H,13-14,16,18H2. The molecule has 2 aromatic heterocycles. The molecule has 1 aliphatic rings. The lowest BCUT2D eigenvalue weighted by Gasteiger charge is -2.33. The summed E-state index contributed by atoms with van der Waals surface area (Å²) in [6.07, 6.45) is 1.78. The molecule has 156 valence electrons. The summed E-state index contributed by atoms with van der Waals surface area (Å²) in [5.41, 5.74) is 3.64. The minimum atomic E-state index is -0.108. The Kier molecular flexibility index (Phi) is 5.65. The molecule has 4 aromatic rings. The van der Waals surface area contributed by atoms with E-state index in [-0.39, 0.29) is 12.0 Å². The quantitative estimate of drug-likeness (QED) is 0.455. The van der Waals surface area contributed by atoms with E-state index in [1.54, 1.807) is 11.3 Å². The molecule has 2 aromatic carbocycles. The molecule has 1 saturated heterocycles. The number of benzene rings is 2. The summed E-state index contributed by atoms with van der Waals surface area (Å²) in [4.78, 5) is 16.5. The topological polar surface area (TPSA) is 47.4 Å². The Labute approximate surface area is 185 Å². The fraction of sp³-hybridized carbons (Fsp3) is 0.200. The molecule has 1 aliphatic heterocycles. The second kappa shape index (κ2) is 8.88. The molecule has 0 N–H and O–H groups in total. The van der Waals surface area contributed by atoms with Crippen molar-refractivity contribution in [3.63, 3.8) is 0 Å². The smallest absolute Gasteiger partial charge is 0.257 e. The van der Waals surface area contributed by atoms with E-state index in [1.807, 2.05) is 81.8 Å². The number of carbonyl (C=O) groups is 1. The minimum absolute atomic E-state index is 0.00643. The zero-order valence-electron chi connectivity index (χ0n) is 17.1. The van der Waals surface area contributed by atoms with E-state index in [2.05, 4.69) is 12.1 Å². The van der Waals surface area contributed by atoms with Crippen LogP contribution in [-0.2, 0) is 11.3 Å². The predicted octanol–water partition coefficient (Wildman–Crippen LogP) is 4.87. The van der Waals surface area contributed by atoms with Crippen molar-refractivity contribution in [2.24, 2.45) is 0 Å². The van der Waals surface area contributed by atoms with Crippen molar-refractivity contribution in [2.45, 2.75) is 12.6 Å². The van der Waals surface area contributed by atoms with Gasteiger partial charge >= 0.3 is 0 Å². The fourth-order valence-corrected chi connectivity index (χ4v) is 4.62. The maximum Gasteiger partial charge on any atom is 0.257 e. The summed E-state index contributed by atoms with van der Waals surface area (Å²) in [6.45, 7) is 2.27. The number of nitrogens with zero attached hydrogens (tertiary/aromatic N) is 3. The van der Waals surface area contributed by atoms with Gasteiger partial charge in [0, 0.05) is 12.7 Å². The van der Waals surface area contributed by atoms with Gasteiger partial charge in [-0.25, -0.2) is 0 Å². The van der Waals surface area contributed by atoms with Crippen LogP contribution in [0.25, 0.3) is 10.6 Å². The molecule has 0 saturated carbocycles. The second-order valence-electron chi connectivity index (χ2n) is 7.57. The van der Waals surface area contributed by atoms with Crippen molar-refractivity contribution in [1.29, 1.82) is 0 Å². The van der Waals surface area contributed by atoms with Crippen molar-refractivity contribution < 1.29 is 9.53 Å². The van der Waals surface area contributed by atoms with Gasteiger partial charge in [0.15, 0.2) is 0 Å². The highest BCUT2D eigenvalue weighted by Crippen LogP contribution is 2.29. The van der Waals surface area contributed by atoms with Gasteiger partial charge in [0.2, 0.25) is 0 Å². The summed E-state index contributed by atoms with van der Waals surface area (Å²) in [6, 6.07) is 24.3. The van der Waals surface area contributed by atoms with E-state index < -0.39 is 0 Å². The number of hydrogen-bond donors (Lipinski definition) is 0. The summed E-state index contributed by atoms with van der Waals surface area (Å²) >= 11 is 1.60. The van der Waals surface area contributed by atoms with Crippen molar-refractivity contribution in [2.75, 3.05) is 19.7 Å². The Morgan fingerprint density at radius 1 is 1.03 bits per heavy atom. The summed E-state index contributed by atoms with van der Waals surface area (Å²) in [5.74, 6) is 0.00643. The molecule has 0 spiro atoms. The van der Waals surface area contributed by atoms with Crippen molar-refractivity contribution in [3.05, 3.63) is 101 Å². The molecule has 1 amide bonds. The van der Waals surface area contributed by atoms with Crippen molar-refractivity contribution in [3.8, 4) is 10.6 Å². The monoisotopic (exact) mass is 429 g/mol. The van der Waals surface area contributed by atoms with Crippen LogP contribution in [0.5, 0.6) is 0 Å². The molecule has 1 atom stereocenters. The molecule has 0 bridgehead atoms. The average Bonchev–Trinajstić information content (AvgIpc) is 3.50. The van der Waals surface area contributed by atoms with E-state index in [4.69, 9.17) is 9.84 Å². The highest BCUT2D eigenvalue weighted by Gasteiger charge is 2.29. The molecule has 0 aliphatic carbocycles. The average molecular weight is 430 g/mol. The molecule has 5 rings (SSSR count). The first-order valence-corrected chi connectivity index (χ1v) is 11.3. The van der Waals surface area contributed by atoms with Crippen molar-refractivity contribution >= 4 is 17.2 Å². The summed E-state index contributed by atoms with van der Waals surface area (Å²) < 4.78 is 7.82. The number of ether oxygens (including phenoxy) is 1. The molecule has 5 nitrogen and oxygen atoms in total. The Balaban J connectivity index is 1.43. The van der Waals surface area contributed by atoms with Crippen LogP contribution in [0.15, 0.2) is 84.4 Å². The highest BCUT2D eigenvalue weighted by molar-refractivity contribution is 7.13. The Morgan fingerprint density at radius 3 is 2.55 bits per heavy atom. The lowest BCUT2D eigenvalue weighted by molar-refractivity contribution is -0.0228.